The van der Waals surface area contributed by atoms with E-state index < -0.39 is 11.8 Å². The number of carboxylic acid groups (broad SMARTS) is 1. The van der Waals surface area contributed by atoms with Gasteiger partial charge in [-0.2, -0.15) is 5.10 Å². The van der Waals surface area contributed by atoms with Gasteiger partial charge in [0.05, 0.1) is 11.2 Å². The van der Waals surface area contributed by atoms with E-state index in [1.165, 1.54) is 16.8 Å². The van der Waals surface area contributed by atoms with E-state index in [-0.39, 0.29) is 16.2 Å². The van der Waals surface area contributed by atoms with E-state index in [4.69, 9.17) is 16.7 Å². The SMILES string of the molecule is O=C(O)c1cnn2cc(Cc3ccc(F)c(Cl)c3)cnc12. The maximum absolute atomic E-state index is 13.1. The lowest BCUT2D eigenvalue weighted by atomic mass is 10.1. The third-order valence-corrected chi connectivity index (χ3v) is 3.32. The largest absolute Gasteiger partial charge is 0.477 e. The summed E-state index contributed by atoms with van der Waals surface area (Å²) in [7, 11) is 0. The highest BCUT2D eigenvalue weighted by atomic mass is 35.5. The van der Waals surface area contributed by atoms with Crippen LogP contribution in [0.3, 0.4) is 0 Å². The minimum atomic E-state index is -1.07. The molecule has 0 fully saturated rings. The molecule has 0 unspecified atom stereocenters. The van der Waals surface area contributed by atoms with Crippen molar-refractivity contribution in [1.29, 1.82) is 0 Å². The van der Waals surface area contributed by atoms with Crippen molar-refractivity contribution in [3.63, 3.8) is 0 Å². The number of carboxylic acids is 1. The number of hydrogen-bond donors (Lipinski definition) is 1. The molecule has 0 atom stereocenters. The minimum Gasteiger partial charge on any atom is -0.477 e. The molecular weight excluding hydrogens is 297 g/mol. The molecule has 5 nitrogen and oxygen atoms in total. The second-order valence-corrected chi connectivity index (χ2v) is 4.93. The molecule has 2 aromatic heterocycles. The van der Waals surface area contributed by atoms with Crippen LogP contribution in [0, 0.1) is 5.82 Å². The van der Waals surface area contributed by atoms with Crippen LogP contribution in [0.5, 0.6) is 0 Å². The van der Waals surface area contributed by atoms with Gasteiger partial charge in [-0.1, -0.05) is 17.7 Å². The van der Waals surface area contributed by atoms with E-state index >= 15 is 0 Å². The summed E-state index contributed by atoms with van der Waals surface area (Å²) in [6, 6.07) is 4.49. The Kier molecular flexibility index (Phi) is 3.31. The van der Waals surface area contributed by atoms with Gasteiger partial charge < -0.3 is 5.11 Å². The predicted octanol–water partition coefficient (Wildman–Crippen LogP) is 2.81. The number of halogens is 2. The molecule has 0 amide bonds. The Hall–Kier alpha value is -2.47. The Bertz CT molecular complexity index is 847. The van der Waals surface area contributed by atoms with Gasteiger partial charge in [0.25, 0.3) is 0 Å². The van der Waals surface area contributed by atoms with E-state index in [2.05, 4.69) is 10.1 Å². The first-order valence-corrected chi connectivity index (χ1v) is 6.42. The first-order valence-electron chi connectivity index (χ1n) is 6.04. The number of rotatable bonds is 3. The Balaban J connectivity index is 1.94. The molecule has 0 saturated carbocycles. The van der Waals surface area contributed by atoms with Crippen molar-refractivity contribution in [2.24, 2.45) is 0 Å². The Morgan fingerprint density at radius 2 is 2.14 bits per heavy atom. The highest BCUT2D eigenvalue weighted by molar-refractivity contribution is 6.30. The summed E-state index contributed by atoms with van der Waals surface area (Å²) in [4.78, 5) is 15.1. The molecule has 0 radical (unpaired) electrons. The van der Waals surface area contributed by atoms with Crippen LogP contribution < -0.4 is 0 Å². The van der Waals surface area contributed by atoms with Gasteiger partial charge in [-0.05, 0) is 23.3 Å². The van der Waals surface area contributed by atoms with Crippen molar-refractivity contribution >= 4 is 23.2 Å². The second kappa shape index (κ2) is 5.14. The van der Waals surface area contributed by atoms with E-state index in [1.807, 2.05) is 0 Å². The lowest BCUT2D eigenvalue weighted by molar-refractivity contribution is 0.0698. The molecule has 106 valence electrons. The first kappa shape index (κ1) is 13.5. The summed E-state index contributed by atoms with van der Waals surface area (Å²) < 4.78 is 14.5. The van der Waals surface area contributed by atoms with Crippen LogP contribution in [0.1, 0.15) is 21.5 Å². The molecular formula is C14H9ClFN3O2. The van der Waals surface area contributed by atoms with Gasteiger partial charge in [0, 0.05) is 18.8 Å². The lowest BCUT2D eigenvalue weighted by Crippen LogP contribution is -2.00. The predicted molar refractivity (Wildman–Crippen MR) is 74.2 cm³/mol. The van der Waals surface area contributed by atoms with E-state index in [0.717, 1.165) is 11.1 Å². The molecule has 0 spiro atoms. The lowest BCUT2D eigenvalue weighted by Gasteiger charge is -2.04. The van der Waals surface area contributed by atoms with Gasteiger partial charge in [0.2, 0.25) is 0 Å². The van der Waals surface area contributed by atoms with Crippen molar-refractivity contribution in [2.45, 2.75) is 6.42 Å². The number of aromatic carboxylic acids is 1. The molecule has 0 aliphatic heterocycles. The highest BCUT2D eigenvalue weighted by Crippen LogP contribution is 2.18. The van der Waals surface area contributed by atoms with E-state index in [1.54, 1.807) is 24.5 Å². The smallest absolute Gasteiger partial charge is 0.341 e. The van der Waals surface area contributed by atoms with Crippen LogP contribution >= 0.6 is 11.6 Å². The van der Waals surface area contributed by atoms with Crippen LogP contribution in [0.2, 0.25) is 5.02 Å². The monoisotopic (exact) mass is 305 g/mol. The van der Waals surface area contributed by atoms with E-state index in [9.17, 15) is 9.18 Å². The number of hydrogen-bond acceptors (Lipinski definition) is 3. The number of benzene rings is 1. The van der Waals surface area contributed by atoms with Crippen LogP contribution in [0.15, 0.2) is 36.8 Å². The summed E-state index contributed by atoms with van der Waals surface area (Å²) in [5.74, 6) is -1.54. The fourth-order valence-electron chi connectivity index (χ4n) is 2.04. The topological polar surface area (TPSA) is 67.5 Å². The maximum atomic E-state index is 13.1. The van der Waals surface area contributed by atoms with Crippen LogP contribution in [0.25, 0.3) is 5.65 Å². The third-order valence-electron chi connectivity index (χ3n) is 3.03. The molecule has 2 heterocycles. The highest BCUT2D eigenvalue weighted by Gasteiger charge is 2.12. The van der Waals surface area contributed by atoms with Crippen molar-refractivity contribution in [1.82, 2.24) is 14.6 Å². The van der Waals surface area contributed by atoms with Crippen molar-refractivity contribution in [3.05, 3.63) is 64.3 Å². The second-order valence-electron chi connectivity index (χ2n) is 4.52. The normalized spacial score (nSPS) is 11.0. The zero-order valence-corrected chi connectivity index (χ0v) is 11.4. The quantitative estimate of drug-likeness (QED) is 0.808. The molecule has 0 saturated heterocycles. The number of fused-ring (bicyclic) bond motifs is 1. The first-order chi connectivity index (χ1) is 10.0. The average molecular weight is 306 g/mol. The molecule has 0 aliphatic carbocycles. The third kappa shape index (κ3) is 2.57. The molecule has 0 bridgehead atoms. The van der Waals surface area contributed by atoms with Crippen molar-refractivity contribution in [3.8, 4) is 0 Å². The van der Waals surface area contributed by atoms with Gasteiger partial charge in [-0.15, -0.1) is 0 Å². The molecule has 1 N–H and O–H groups in total. The minimum absolute atomic E-state index is 0.0476. The number of aromatic nitrogens is 3. The van der Waals surface area contributed by atoms with Gasteiger partial charge in [-0.3, -0.25) is 0 Å². The average Bonchev–Trinajstić information content (AvgIpc) is 2.86. The van der Waals surface area contributed by atoms with Gasteiger partial charge in [0.1, 0.15) is 11.4 Å². The van der Waals surface area contributed by atoms with Crippen LogP contribution in [-0.4, -0.2) is 25.7 Å². The van der Waals surface area contributed by atoms with Crippen molar-refractivity contribution < 1.29 is 14.3 Å². The zero-order chi connectivity index (χ0) is 15.0. The summed E-state index contributed by atoms with van der Waals surface area (Å²) in [5, 5.41) is 13.0. The van der Waals surface area contributed by atoms with Gasteiger partial charge in [-0.25, -0.2) is 18.7 Å². The molecule has 0 aliphatic rings. The molecule has 3 rings (SSSR count). The van der Waals surface area contributed by atoms with Crippen molar-refractivity contribution in [2.75, 3.05) is 0 Å². The summed E-state index contributed by atoms with van der Waals surface area (Å²) in [6.45, 7) is 0. The molecule has 7 heteroatoms. The van der Waals surface area contributed by atoms with Crippen LogP contribution in [-0.2, 0) is 6.42 Å². The zero-order valence-electron chi connectivity index (χ0n) is 10.6. The Labute approximate surface area is 123 Å². The molecule has 3 aromatic rings. The van der Waals surface area contributed by atoms with Crippen LogP contribution in [0.4, 0.5) is 4.39 Å². The standard InChI is InChI=1S/C14H9ClFN3O2/c15-11-4-8(1-2-12(11)16)3-9-5-17-13-10(14(20)21)6-18-19(13)7-9/h1-2,4-7H,3H2,(H,20,21). The fraction of sp³-hybridized carbons (Fsp3) is 0.0714. The maximum Gasteiger partial charge on any atom is 0.341 e. The summed E-state index contributed by atoms with van der Waals surface area (Å²) in [5.41, 5.74) is 1.97. The fourth-order valence-corrected chi connectivity index (χ4v) is 2.24. The van der Waals surface area contributed by atoms with Gasteiger partial charge in [0.15, 0.2) is 5.65 Å². The summed E-state index contributed by atoms with van der Waals surface area (Å²) >= 11 is 5.74. The molecule has 21 heavy (non-hydrogen) atoms. The van der Waals surface area contributed by atoms with Gasteiger partial charge >= 0.3 is 5.97 Å². The summed E-state index contributed by atoms with van der Waals surface area (Å²) in [6.07, 6.45) is 5.00. The molecule has 1 aromatic carbocycles. The number of nitrogens with zero attached hydrogens (tertiary/aromatic N) is 3. The number of carbonyl (C=O) groups is 1. The Morgan fingerprint density at radius 1 is 1.33 bits per heavy atom. The van der Waals surface area contributed by atoms with E-state index in [0.29, 0.717) is 6.42 Å². The Morgan fingerprint density at radius 3 is 2.86 bits per heavy atom.